The normalized spacial score (nSPS) is 12.1. The zero-order valence-corrected chi connectivity index (χ0v) is 12.7. The number of nitrogens with zero attached hydrogens (tertiary/aromatic N) is 1. The van der Waals surface area contributed by atoms with Gasteiger partial charge in [-0.1, -0.05) is 13.3 Å². The number of halogens is 1. The van der Waals surface area contributed by atoms with E-state index >= 15 is 0 Å². The lowest BCUT2D eigenvalue weighted by atomic mass is 10.2. The van der Waals surface area contributed by atoms with Crippen molar-refractivity contribution in [2.45, 2.75) is 31.2 Å². The summed E-state index contributed by atoms with van der Waals surface area (Å²) in [6.45, 7) is 3.70. The van der Waals surface area contributed by atoms with Gasteiger partial charge in [0.05, 0.1) is 6.61 Å². The molecule has 2 N–H and O–H groups in total. The van der Waals surface area contributed by atoms with Crippen LogP contribution in [0.15, 0.2) is 29.3 Å². The van der Waals surface area contributed by atoms with Crippen LogP contribution in [0.5, 0.6) is 0 Å². The van der Waals surface area contributed by atoms with Crippen LogP contribution in [0.1, 0.15) is 19.8 Å². The van der Waals surface area contributed by atoms with Crippen molar-refractivity contribution in [1.29, 1.82) is 0 Å². The van der Waals surface area contributed by atoms with Gasteiger partial charge in [-0.05, 0) is 24.6 Å². The minimum Gasteiger partial charge on any atom is -0.380 e. The number of ether oxygens (including phenoxy) is 1. The van der Waals surface area contributed by atoms with Gasteiger partial charge in [0.2, 0.25) is 10.0 Å². The summed E-state index contributed by atoms with van der Waals surface area (Å²) in [5.41, 5.74) is 0.625. The predicted molar refractivity (Wildman–Crippen MR) is 79.0 cm³/mol. The van der Waals surface area contributed by atoms with Crippen LogP contribution in [0, 0.1) is 5.82 Å². The molecule has 0 fully saturated rings. The lowest BCUT2D eigenvalue weighted by molar-refractivity contribution is 0.124. The van der Waals surface area contributed by atoms with E-state index in [9.17, 15) is 12.8 Å². The molecule has 0 saturated heterocycles. The first kappa shape index (κ1) is 15.9. The Balaban J connectivity index is 2.28. The quantitative estimate of drug-likeness (QED) is 0.797. The Hall–Kier alpha value is -1.44. The zero-order chi connectivity index (χ0) is 15.5. The molecule has 0 unspecified atom stereocenters. The first-order valence-corrected chi connectivity index (χ1v) is 8.37. The summed E-state index contributed by atoms with van der Waals surface area (Å²) in [6.07, 6.45) is 3.48. The largest absolute Gasteiger partial charge is 0.380 e. The number of primary sulfonamides is 1. The highest BCUT2D eigenvalue weighted by Crippen LogP contribution is 2.25. The smallest absolute Gasteiger partial charge is 0.240 e. The van der Waals surface area contributed by atoms with E-state index in [4.69, 9.17) is 9.88 Å². The third-order valence-corrected chi connectivity index (χ3v) is 4.17. The van der Waals surface area contributed by atoms with E-state index in [1.165, 1.54) is 18.3 Å². The average molecular weight is 314 g/mol. The lowest BCUT2D eigenvalue weighted by Gasteiger charge is -2.06. The maximum absolute atomic E-state index is 13.3. The van der Waals surface area contributed by atoms with Crippen LogP contribution >= 0.6 is 0 Å². The van der Waals surface area contributed by atoms with E-state index in [0.29, 0.717) is 30.7 Å². The van der Waals surface area contributed by atoms with E-state index in [1.54, 1.807) is 10.6 Å². The second-order valence-corrected chi connectivity index (χ2v) is 6.39. The molecule has 1 aromatic carbocycles. The van der Waals surface area contributed by atoms with Crippen molar-refractivity contribution in [2.75, 3.05) is 13.2 Å². The van der Waals surface area contributed by atoms with Crippen molar-refractivity contribution in [2.24, 2.45) is 5.14 Å². The van der Waals surface area contributed by atoms with Crippen molar-refractivity contribution in [3.05, 3.63) is 30.2 Å². The molecule has 0 radical (unpaired) electrons. The van der Waals surface area contributed by atoms with E-state index < -0.39 is 15.8 Å². The molecule has 0 saturated carbocycles. The fraction of sp³-hybridized carbons (Fsp3) is 0.429. The third-order valence-electron chi connectivity index (χ3n) is 3.23. The molecule has 1 heterocycles. The van der Waals surface area contributed by atoms with Crippen LogP contribution in [0.3, 0.4) is 0 Å². The van der Waals surface area contributed by atoms with Crippen LogP contribution in [0.2, 0.25) is 0 Å². The molecular formula is C14H19FN2O3S. The van der Waals surface area contributed by atoms with Gasteiger partial charge in [-0.25, -0.2) is 17.9 Å². The molecule has 116 valence electrons. The number of aromatic nitrogens is 1. The summed E-state index contributed by atoms with van der Waals surface area (Å²) in [4.78, 5) is -0.0643. The monoisotopic (exact) mass is 314 g/mol. The molecule has 0 aliphatic carbocycles. The number of benzene rings is 1. The van der Waals surface area contributed by atoms with Gasteiger partial charge >= 0.3 is 0 Å². The molecule has 2 aromatic rings. The van der Waals surface area contributed by atoms with Crippen LogP contribution in [-0.4, -0.2) is 26.2 Å². The van der Waals surface area contributed by atoms with Gasteiger partial charge in [-0.15, -0.1) is 0 Å². The van der Waals surface area contributed by atoms with Gasteiger partial charge < -0.3 is 9.30 Å². The standard InChI is InChI=1S/C14H19FN2O3S/c1-2-3-7-20-8-6-17-10-14(21(16,18)19)12-9-11(15)4-5-13(12)17/h4-5,9-10H,2-3,6-8H2,1H3,(H2,16,18,19). The van der Waals surface area contributed by atoms with E-state index in [0.717, 1.165) is 12.8 Å². The fourth-order valence-corrected chi connectivity index (χ4v) is 2.90. The molecule has 0 amide bonds. The van der Waals surface area contributed by atoms with Crippen molar-refractivity contribution < 1.29 is 17.5 Å². The number of nitrogens with two attached hydrogens (primary N) is 1. The molecule has 2 rings (SSSR count). The van der Waals surface area contributed by atoms with Crippen molar-refractivity contribution >= 4 is 20.9 Å². The Labute approximate surface area is 123 Å². The molecule has 0 spiro atoms. The van der Waals surface area contributed by atoms with Crippen LogP contribution in [0.4, 0.5) is 4.39 Å². The summed E-state index contributed by atoms with van der Waals surface area (Å²) < 4.78 is 43.7. The van der Waals surface area contributed by atoms with Crippen LogP contribution < -0.4 is 5.14 Å². The minimum absolute atomic E-state index is 0.0643. The number of rotatable bonds is 7. The Bertz CT molecular complexity index is 725. The molecule has 5 nitrogen and oxygen atoms in total. The molecule has 0 atom stereocenters. The van der Waals surface area contributed by atoms with Gasteiger partial charge in [0.1, 0.15) is 10.7 Å². The summed E-state index contributed by atoms with van der Waals surface area (Å²) in [7, 11) is -3.89. The molecule has 0 bridgehead atoms. The lowest BCUT2D eigenvalue weighted by Crippen LogP contribution is -2.12. The first-order valence-electron chi connectivity index (χ1n) is 6.82. The van der Waals surface area contributed by atoms with Gasteiger partial charge in [-0.2, -0.15) is 0 Å². The van der Waals surface area contributed by atoms with E-state index in [1.807, 2.05) is 0 Å². The van der Waals surface area contributed by atoms with Crippen molar-refractivity contribution in [3.63, 3.8) is 0 Å². The minimum atomic E-state index is -3.89. The summed E-state index contributed by atoms with van der Waals surface area (Å²) in [5, 5.41) is 5.48. The number of unbranched alkanes of at least 4 members (excludes halogenated alkanes) is 1. The number of fused-ring (bicyclic) bond motifs is 1. The van der Waals surface area contributed by atoms with Gasteiger partial charge in [0.25, 0.3) is 0 Å². The van der Waals surface area contributed by atoms with Crippen LogP contribution in [-0.2, 0) is 21.3 Å². The number of hydrogen-bond donors (Lipinski definition) is 1. The second kappa shape index (κ2) is 6.55. The Kier molecular flexibility index (Phi) is 4.97. The van der Waals surface area contributed by atoms with E-state index in [2.05, 4.69) is 6.92 Å². The van der Waals surface area contributed by atoms with Gasteiger partial charge in [0, 0.05) is 30.3 Å². The van der Waals surface area contributed by atoms with Crippen molar-refractivity contribution in [3.8, 4) is 0 Å². The van der Waals surface area contributed by atoms with Gasteiger partial charge in [-0.3, -0.25) is 0 Å². The highest BCUT2D eigenvalue weighted by Gasteiger charge is 2.17. The Morgan fingerprint density at radius 2 is 2.10 bits per heavy atom. The van der Waals surface area contributed by atoms with Crippen LogP contribution in [0.25, 0.3) is 10.9 Å². The average Bonchev–Trinajstić information content (AvgIpc) is 2.76. The summed E-state index contributed by atoms with van der Waals surface area (Å²) in [6, 6.07) is 4.03. The van der Waals surface area contributed by atoms with Gasteiger partial charge in [0.15, 0.2) is 0 Å². The highest BCUT2D eigenvalue weighted by atomic mass is 32.2. The zero-order valence-electron chi connectivity index (χ0n) is 11.9. The maximum Gasteiger partial charge on any atom is 0.240 e. The first-order chi connectivity index (χ1) is 9.93. The molecule has 7 heteroatoms. The topological polar surface area (TPSA) is 74.3 Å². The molecule has 21 heavy (non-hydrogen) atoms. The molecule has 0 aliphatic heterocycles. The maximum atomic E-state index is 13.3. The third kappa shape index (κ3) is 3.81. The van der Waals surface area contributed by atoms with Crippen molar-refractivity contribution in [1.82, 2.24) is 4.57 Å². The SMILES string of the molecule is CCCCOCCn1cc(S(N)(=O)=O)c2cc(F)ccc21. The predicted octanol–water partition coefficient (Wildman–Crippen LogP) is 2.24. The number of sulfonamides is 1. The highest BCUT2D eigenvalue weighted by molar-refractivity contribution is 7.89. The Morgan fingerprint density at radius 1 is 1.33 bits per heavy atom. The fourth-order valence-electron chi connectivity index (χ4n) is 2.16. The molecule has 1 aromatic heterocycles. The van der Waals surface area contributed by atoms with E-state index in [-0.39, 0.29) is 4.90 Å². The Morgan fingerprint density at radius 3 is 2.76 bits per heavy atom. The summed E-state index contributed by atoms with van der Waals surface area (Å²) >= 11 is 0. The number of hydrogen-bond acceptors (Lipinski definition) is 3. The molecule has 0 aliphatic rings. The molecular weight excluding hydrogens is 295 g/mol. The summed E-state index contributed by atoms with van der Waals surface area (Å²) in [5.74, 6) is -0.496. The second-order valence-electron chi connectivity index (χ2n) is 4.86.